The van der Waals surface area contributed by atoms with Gasteiger partial charge in [-0.05, 0) is 85.8 Å². The molecule has 0 atom stereocenters. The van der Waals surface area contributed by atoms with E-state index in [4.69, 9.17) is 0 Å². The topological polar surface area (TPSA) is 76.0 Å². The fourth-order valence-electron chi connectivity index (χ4n) is 5.06. The smallest absolute Gasteiger partial charge is 0.255 e. The number of fused-ring (bicyclic) bond motifs is 1. The number of anilines is 1. The van der Waals surface area contributed by atoms with Crippen LogP contribution in [0.25, 0.3) is 16.7 Å². The molecule has 1 saturated carbocycles. The summed E-state index contributed by atoms with van der Waals surface area (Å²) in [6.07, 6.45) is 6.57. The Labute approximate surface area is 215 Å². The Kier molecular flexibility index (Phi) is 7.30. The van der Waals surface area contributed by atoms with Crippen molar-refractivity contribution >= 4 is 28.5 Å². The molecule has 1 heterocycles. The number of halogens is 1. The van der Waals surface area contributed by atoms with Crippen molar-refractivity contribution in [3.63, 3.8) is 0 Å². The van der Waals surface area contributed by atoms with Crippen LogP contribution in [0, 0.1) is 18.7 Å². The lowest BCUT2D eigenvalue weighted by Crippen LogP contribution is -2.31. The van der Waals surface area contributed by atoms with Crippen molar-refractivity contribution in [3.05, 3.63) is 89.5 Å². The molecule has 1 aliphatic carbocycles. The monoisotopic (exact) mass is 498 g/mol. The minimum absolute atomic E-state index is 0.0312. The molecule has 190 valence electrons. The number of benzene rings is 3. The number of amides is 2. The summed E-state index contributed by atoms with van der Waals surface area (Å²) in [6, 6.07) is 18.9. The molecule has 0 bridgehead atoms. The third kappa shape index (κ3) is 5.88. The number of imidazole rings is 1. The Morgan fingerprint density at radius 1 is 0.973 bits per heavy atom. The van der Waals surface area contributed by atoms with Crippen LogP contribution in [0.1, 0.15) is 53.8 Å². The predicted octanol–water partition coefficient (Wildman–Crippen LogP) is 5.96. The fourth-order valence-corrected chi connectivity index (χ4v) is 5.06. The summed E-state index contributed by atoms with van der Waals surface area (Å²) in [5, 5.41) is 6.00. The molecule has 0 aliphatic heterocycles. The minimum atomic E-state index is -0.308. The zero-order valence-corrected chi connectivity index (χ0v) is 21.0. The Bertz CT molecular complexity index is 1400. The van der Waals surface area contributed by atoms with E-state index in [0.717, 1.165) is 34.7 Å². The maximum absolute atomic E-state index is 13.4. The average Bonchev–Trinajstić information content (AvgIpc) is 3.24. The summed E-state index contributed by atoms with van der Waals surface area (Å²) in [5.74, 6) is 0.829. The quantitative estimate of drug-likeness (QED) is 0.330. The lowest BCUT2D eigenvalue weighted by molar-refractivity contribution is -0.120. The van der Waals surface area contributed by atoms with Gasteiger partial charge < -0.3 is 10.6 Å². The van der Waals surface area contributed by atoms with E-state index in [-0.39, 0.29) is 17.6 Å². The Morgan fingerprint density at radius 2 is 1.70 bits per heavy atom. The molecule has 0 saturated heterocycles. The summed E-state index contributed by atoms with van der Waals surface area (Å²) in [7, 11) is 0. The molecular formula is C30H31FN4O2. The number of hydrogen-bond donors (Lipinski definition) is 2. The van der Waals surface area contributed by atoms with Gasteiger partial charge >= 0.3 is 0 Å². The normalized spacial score (nSPS) is 14.0. The summed E-state index contributed by atoms with van der Waals surface area (Å²) in [6.45, 7) is 2.64. The summed E-state index contributed by atoms with van der Waals surface area (Å²) in [5.41, 5.74) is 4.34. The molecule has 2 N–H and O–H groups in total. The molecule has 1 aliphatic rings. The highest BCUT2D eigenvalue weighted by molar-refractivity contribution is 6.06. The first-order chi connectivity index (χ1) is 18.0. The van der Waals surface area contributed by atoms with Crippen molar-refractivity contribution in [2.45, 2.75) is 45.4 Å². The Balaban J connectivity index is 1.23. The zero-order chi connectivity index (χ0) is 25.8. The van der Waals surface area contributed by atoms with Gasteiger partial charge in [-0.15, -0.1) is 0 Å². The van der Waals surface area contributed by atoms with Gasteiger partial charge in [0.1, 0.15) is 11.6 Å². The standard InChI is InChI=1S/C30H31FN4O2/c1-20-33-27-16-9-23(18-28(27)35(20)26-14-10-24(31)11-15-26)30(37)34-25-12-7-21(8-13-25)17-29(36)32-19-22-5-3-2-4-6-22/h7-16,18,22H,2-6,17,19H2,1H3,(H,32,36)(H,34,37). The SMILES string of the molecule is Cc1nc2ccc(C(=O)Nc3ccc(CC(=O)NCC4CCCCC4)cc3)cc2n1-c1ccc(F)cc1. The molecular weight excluding hydrogens is 467 g/mol. The predicted molar refractivity (Wildman–Crippen MR) is 143 cm³/mol. The van der Waals surface area contributed by atoms with Gasteiger partial charge in [0.25, 0.3) is 5.91 Å². The van der Waals surface area contributed by atoms with Crippen molar-refractivity contribution in [1.29, 1.82) is 0 Å². The second-order valence-corrected chi connectivity index (χ2v) is 9.81. The number of carbonyl (C=O) groups excluding carboxylic acids is 2. The van der Waals surface area contributed by atoms with Gasteiger partial charge in [0.15, 0.2) is 0 Å². The number of hydrogen-bond acceptors (Lipinski definition) is 3. The highest BCUT2D eigenvalue weighted by Gasteiger charge is 2.15. The van der Waals surface area contributed by atoms with E-state index in [9.17, 15) is 14.0 Å². The fraction of sp³-hybridized carbons (Fsp3) is 0.300. The first kappa shape index (κ1) is 24.7. The Hall–Kier alpha value is -4.00. The third-order valence-electron chi connectivity index (χ3n) is 7.06. The molecule has 4 aromatic rings. The maximum atomic E-state index is 13.4. The second kappa shape index (κ2) is 10.9. The van der Waals surface area contributed by atoms with E-state index in [1.807, 2.05) is 41.8 Å². The molecule has 1 fully saturated rings. The van der Waals surface area contributed by atoms with Gasteiger partial charge in [-0.2, -0.15) is 0 Å². The molecule has 0 radical (unpaired) electrons. The van der Waals surface area contributed by atoms with Gasteiger partial charge in [-0.3, -0.25) is 14.2 Å². The van der Waals surface area contributed by atoms with Crippen molar-refractivity contribution in [1.82, 2.24) is 14.9 Å². The van der Waals surface area contributed by atoms with Gasteiger partial charge in [0.05, 0.1) is 17.5 Å². The minimum Gasteiger partial charge on any atom is -0.356 e. The lowest BCUT2D eigenvalue weighted by atomic mass is 9.89. The van der Waals surface area contributed by atoms with E-state index >= 15 is 0 Å². The van der Waals surface area contributed by atoms with Gasteiger partial charge in [0.2, 0.25) is 5.91 Å². The second-order valence-electron chi connectivity index (χ2n) is 9.81. The van der Waals surface area contributed by atoms with E-state index in [1.165, 1.54) is 44.2 Å². The van der Waals surface area contributed by atoms with E-state index in [1.54, 1.807) is 24.3 Å². The molecule has 7 heteroatoms. The molecule has 6 nitrogen and oxygen atoms in total. The van der Waals surface area contributed by atoms with Crippen LogP contribution >= 0.6 is 0 Å². The van der Waals surface area contributed by atoms with Crippen molar-refractivity contribution in [3.8, 4) is 5.69 Å². The van der Waals surface area contributed by atoms with Gasteiger partial charge in [-0.1, -0.05) is 31.4 Å². The summed E-state index contributed by atoms with van der Waals surface area (Å²) in [4.78, 5) is 29.9. The molecule has 5 rings (SSSR count). The van der Waals surface area contributed by atoms with Gasteiger partial charge in [0, 0.05) is 23.5 Å². The lowest BCUT2D eigenvalue weighted by Gasteiger charge is -2.21. The van der Waals surface area contributed by atoms with Crippen LogP contribution in [-0.2, 0) is 11.2 Å². The number of carbonyl (C=O) groups is 2. The molecule has 1 aromatic heterocycles. The largest absolute Gasteiger partial charge is 0.356 e. The molecule has 37 heavy (non-hydrogen) atoms. The van der Waals surface area contributed by atoms with Crippen LogP contribution in [-0.4, -0.2) is 27.9 Å². The van der Waals surface area contributed by atoms with Crippen LogP contribution in [0.5, 0.6) is 0 Å². The van der Waals surface area contributed by atoms with Crippen LogP contribution < -0.4 is 10.6 Å². The van der Waals surface area contributed by atoms with Crippen molar-refractivity contribution in [2.75, 3.05) is 11.9 Å². The van der Waals surface area contributed by atoms with Crippen LogP contribution in [0.4, 0.5) is 10.1 Å². The number of aromatic nitrogens is 2. The number of nitrogens with zero attached hydrogens (tertiary/aromatic N) is 2. The first-order valence-electron chi connectivity index (χ1n) is 12.9. The average molecular weight is 499 g/mol. The number of rotatable bonds is 7. The summed E-state index contributed by atoms with van der Waals surface area (Å²) < 4.78 is 15.3. The molecule has 0 unspecified atom stereocenters. The number of nitrogens with one attached hydrogen (secondary N) is 2. The molecule has 2 amide bonds. The van der Waals surface area contributed by atoms with Crippen molar-refractivity contribution in [2.24, 2.45) is 5.92 Å². The number of aryl methyl sites for hydroxylation is 1. The van der Waals surface area contributed by atoms with E-state index in [2.05, 4.69) is 15.6 Å². The molecule has 3 aromatic carbocycles. The zero-order valence-electron chi connectivity index (χ0n) is 21.0. The van der Waals surface area contributed by atoms with Gasteiger partial charge in [-0.25, -0.2) is 9.37 Å². The van der Waals surface area contributed by atoms with Crippen LogP contribution in [0.3, 0.4) is 0 Å². The highest BCUT2D eigenvalue weighted by Crippen LogP contribution is 2.24. The summed E-state index contributed by atoms with van der Waals surface area (Å²) >= 11 is 0. The van der Waals surface area contributed by atoms with Crippen LogP contribution in [0.2, 0.25) is 0 Å². The van der Waals surface area contributed by atoms with Crippen molar-refractivity contribution < 1.29 is 14.0 Å². The molecule has 0 spiro atoms. The van der Waals surface area contributed by atoms with Crippen LogP contribution in [0.15, 0.2) is 66.7 Å². The first-order valence-corrected chi connectivity index (χ1v) is 12.9. The third-order valence-corrected chi connectivity index (χ3v) is 7.06. The van der Waals surface area contributed by atoms with E-state index in [0.29, 0.717) is 23.6 Å². The maximum Gasteiger partial charge on any atom is 0.255 e. The van der Waals surface area contributed by atoms with E-state index < -0.39 is 0 Å². The highest BCUT2D eigenvalue weighted by atomic mass is 19.1. The Morgan fingerprint density at radius 3 is 2.43 bits per heavy atom.